The average molecular weight is 1560 g/mol. The summed E-state index contributed by atoms with van der Waals surface area (Å²) in [6, 6.07) is -1.21. The lowest BCUT2D eigenvalue weighted by Gasteiger charge is -2.35. The van der Waals surface area contributed by atoms with E-state index in [1.807, 2.05) is 19.1 Å². The highest BCUT2D eigenvalue weighted by molar-refractivity contribution is 7.80. The topological polar surface area (TPSA) is 445 Å². The molecule has 0 aliphatic carbocycles. The van der Waals surface area contributed by atoms with Crippen LogP contribution in [0.1, 0.15) is 300 Å². The second kappa shape index (κ2) is 52.0. The molecule has 2 bridgehead atoms. The number of amides is 1. The second-order valence-corrected chi connectivity index (χ2v) is 33.8. The molecule has 0 saturated carbocycles. The van der Waals surface area contributed by atoms with E-state index in [1.54, 1.807) is 32.3 Å². The number of rotatable bonds is 31. The number of carbonyl (C=O) groups is 2. The van der Waals surface area contributed by atoms with E-state index in [1.165, 1.54) is 52.0 Å². The smallest absolute Gasteiger partial charge is 0.397 e. The van der Waals surface area contributed by atoms with Crippen LogP contribution in [-0.2, 0) is 46.4 Å². The van der Waals surface area contributed by atoms with Crippen LogP contribution in [0.25, 0.3) is 0 Å². The van der Waals surface area contributed by atoms with E-state index in [0.29, 0.717) is 96.3 Å². The van der Waals surface area contributed by atoms with Crippen molar-refractivity contribution in [2.75, 3.05) is 7.11 Å². The number of aliphatic hydroxyl groups is 12. The predicted molar refractivity (Wildman–Crippen MR) is 410 cm³/mol. The Morgan fingerprint density at radius 2 is 1.23 bits per heavy atom. The van der Waals surface area contributed by atoms with Gasteiger partial charge in [0, 0.05) is 42.9 Å². The van der Waals surface area contributed by atoms with Gasteiger partial charge in [-0.05, 0) is 212 Å². The monoisotopic (exact) mass is 1560 g/mol. The zero-order valence-corrected chi connectivity index (χ0v) is 67.0. The van der Waals surface area contributed by atoms with E-state index in [0.717, 1.165) is 49.1 Å². The molecule has 28 heteroatoms. The van der Waals surface area contributed by atoms with Crippen LogP contribution in [0, 0.1) is 23.7 Å². The fraction of sp³-hybridized carbons (Fsp3) is 0.848. The Hall–Kier alpha value is -3.47. The molecule has 26 nitrogen and oxygen atoms in total. The van der Waals surface area contributed by atoms with E-state index in [4.69, 9.17) is 33.5 Å². The second-order valence-electron chi connectivity index (χ2n) is 31.8. The van der Waals surface area contributed by atoms with Gasteiger partial charge in [0.15, 0.2) is 11.6 Å². The fourth-order valence-electron chi connectivity index (χ4n) is 14.6. The van der Waals surface area contributed by atoms with Gasteiger partial charge in [0.25, 0.3) is 0 Å². The zero-order chi connectivity index (χ0) is 79.2. The molecule has 2 aromatic rings. The lowest BCUT2D eigenvalue weighted by atomic mass is 9.88. The number of methoxy groups -OCH3 is 1. The van der Waals surface area contributed by atoms with Crippen molar-refractivity contribution >= 4 is 33.6 Å². The Morgan fingerprint density at radius 1 is 0.664 bits per heavy atom. The number of oxazole rings is 1. The first-order valence-electron chi connectivity index (χ1n) is 40.2. The van der Waals surface area contributed by atoms with E-state index >= 15 is 0 Å². The molecule has 0 radical (unpaired) electrons. The van der Waals surface area contributed by atoms with E-state index < -0.39 is 126 Å². The number of aryl methyl sites for hydroxylation is 2. The minimum absolute atomic E-state index is 0.0190. The van der Waals surface area contributed by atoms with Crippen LogP contribution in [0.4, 0.5) is 0 Å². The number of ether oxygens (including phenoxy) is 3. The number of allylic oxidation sites excluding steroid dienone is 1. The van der Waals surface area contributed by atoms with Crippen molar-refractivity contribution in [2.24, 2.45) is 29.4 Å². The van der Waals surface area contributed by atoms with Crippen molar-refractivity contribution in [2.45, 2.75) is 395 Å². The number of fused-ring (bicyclic) bond motifs is 2. The van der Waals surface area contributed by atoms with Crippen molar-refractivity contribution in [3.05, 3.63) is 57.7 Å². The van der Waals surface area contributed by atoms with Gasteiger partial charge in [-0.15, -0.1) is 11.3 Å². The number of cyclic esters (lactones) is 1. The lowest BCUT2D eigenvalue weighted by molar-refractivity contribution is -0.120. The summed E-state index contributed by atoms with van der Waals surface area (Å²) < 4.78 is 64.3. The number of hydrogen-bond donors (Lipinski definition) is 15. The third-order valence-corrected chi connectivity index (χ3v) is 22.7. The number of carbonyl (C=O) groups excluding carboxylic acids is 2. The van der Waals surface area contributed by atoms with Crippen LogP contribution in [0.3, 0.4) is 0 Å². The molecule has 4 heterocycles. The van der Waals surface area contributed by atoms with Crippen LogP contribution in [-0.4, -0.2) is 213 Å². The van der Waals surface area contributed by atoms with Crippen LogP contribution >= 0.6 is 11.3 Å². The number of thiazole rings is 1. The van der Waals surface area contributed by atoms with Gasteiger partial charge in [0.05, 0.1) is 102 Å². The van der Waals surface area contributed by atoms with Crippen molar-refractivity contribution in [3.8, 4) is 0 Å². The number of aromatic nitrogens is 2. The Kier molecular flexibility index (Phi) is 46.6. The molecule has 2 aliphatic rings. The molecule has 1 saturated heterocycles. The Balaban J connectivity index is 1.32. The van der Waals surface area contributed by atoms with Gasteiger partial charge in [-0.25, -0.2) is 18.9 Å². The van der Waals surface area contributed by atoms with Crippen molar-refractivity contribution in [1.29, 1.82) is 0 Å². The van der Waals surface area contributed by atoms with Crippen LogP contribution in [0.15, 0.2) is 39.9 Å². The Morgan fingerprint density at radius 3 is 1.87 bits per heavy atom. The van der Waals surface area contributed by atoms with Crippen molar-refractivity contribution < 1.29 is 107 Å². The molecular weight excluding hydrogens is 1420 g/mol. The highest BCUT2D eigenvalue weighted by Crippen LogP contribution is 2.38. The molecule has 2 aliphatic heterocycles. The summed E-state index contributed by atoms with van der Waals surface area (Å²) in [5.41, 5.74) is 6.57. The summed E-state index contributed by atoms with van der Waals surface area (Å²) in [6.45, 7) is 12.2. The molecule has 620 valence electrons. The molecule has 23 unspecified atom stereocenters. The fourth-order valence-corrected chi connectivity index (χ4v) is 16.1. The number of aliphatic hydroxyl groups excluding tert-OH is 12. The highest BCUT2D eigenvalue weighted by atomic mass is 32.3. The van der Waals surface area contributed by atoms with E-state index in [-0.39, 0.29) is 124 Å². The Labute approximate surface area is 642 Å². The number of hydrogen-bond acceptors (Lipinski definition) is 25. The summed E-state index contributed by atoms with van der Waals surface area (Å²) in [5.74, 6) is -2.94. The van der Waals surface area contributed by atoms with Crippen LogP contribution in [0.2, 0.25) is 0 Å². The highest BCUT2D eigenvalue weighted by Gasteiger charge is 2.40. The molecule has 23 atom stereocenters. The average Bonchev–Trinajstić information content (AvgIpc) is 1.73. The first-order chi connectivity index (χ1) is 50.7. The van der Waals surface area contributed by atoms with E-state index in [9.17, 15) is 83.8 Å². The summed E-state index contributed by atoms with van der Waals surface area (Å²) in [6.07, 6.45) is 10.1. The maximum absolute atomic E-state index is 14.2. The number of esters is 1. The maximum Gasteiger partial charge on any atom is 0.397 e. The Bertz CT molecular complexity index is 2890. The third kappa shape index (κ3) is 41.2. The SMILES string of the molecule is COC1/C=C/C(C)CCC(O)CC(O)CCCC(O)CCCCC(C)C(OS(=O)(=O)O)C(NC(=O)/C(C)=C/C(C)C(O)CC(O)CC(O)CCCC(O)CC(O)CC(O)CC2OC(c3csc(CCCCCCCCC(C)N)n3)CCC2C)C(C)OC(=O)c2coc(n2)CCCC(O)CC(O)CCCC(O)C1. The summed E-state index contributed by atoms with van der Waals surface area (Å²) >= 11 is 1.67. The number of nitrogens with one attached hydrogen (secondary N) is 1. The lowest BCUT2D eigenvalue weighted by Crippen LogP contribution is -2.55. The first kappa shape index (κ1) is 95.9. The number of nitrogens with two attached hydrogens (primary N) is 1. The predicted octanol–water partition coefficient (Wildman–Crippen LogP) is 9.59. The maximum atomic E-state index is 14.2. The molecule has 0 aromatic carbocycles. The molecule has 107 heavy (non-hydrogen) atoms. The minimum Gasteiger partial charge on any atom is -0.456 e. The molecule has 2 aromatic heterocycles. The van der Waals surface area contributed by atoms with Gasteiger partial charge >= 0.3 is 16.4 Å². The van der Waals surface area contributed by atoms with Crippen LogP contribution in [0.5, 0.6) is 0 Å². The first-order valence-corrected chi connectivity index (χ1v) is 42.4. The molecular formula is C79H140N4O22S2. The van der Waals surface area contributed by atoms with Crippen molar-refractivity contribution in [3.63, 3.8) is 0 Å². The molecule has 4 rings (SSSR count). The van der Waals surface area contributed by atoms with Gasteiger partial charge in [0.2, 0.25) is 5.91 Å². The van der Waals surface area contributed by atoms with E-state index in [2.05, 4.69) is 29.5 Å². The standard InChI is InChI=1S/C79H140N4O22S2/c1-50-33-36-64(91)41-59(86)25-17-24-57(84)23-16-15-21-52(3)77(105-107(98,99)100)76(56(7)103-79(97)69-48-102-74(81-69)31-20-30-60(87)40-58(85)26-19-29-63(90)45-68(101-8)37-34-50)83-78(96)54(5)39-53(4)71(95)46-66(93)43-62(89)28-18-27-61(88)42-65(92)44-67(94)47-73-51(2)35-38-72(104-73)70-49-106-75(82-70)32-14-12-10-9-11-13-22-55(6)80/h34,37,39,48-53,55-68,71-73,76-77,84-95H,9-33,35-36,38,40-47,80H2,1-8H3,(H,83,96)(H,98,99,100)/b37-34+,54-39+. The largest absolute Gasteiger partial charge is 0.456 e. The molecule has 1 fully saturated rings. The number of nitrogens with zero attached hydrogens (tertiary/aromatic N) is 2. The molecule has 0 spiro atoms. The molecule has 16 N–H and O–H groups in total. The number of unbranched alkanes of at least 4 members (excludes halogenated alkanes) is 5. The normalized spacial score (nSPS) is 30.0. The minimum atomic E-state index is -5.24. The van der Waals surface area contributed by atoms with Gasteiger partial charge in [-0.1, -0.05) is 90.9 Å². The van der Waals surface area contributed by atoms with Gasteiger partial charge in [-0.3, -0.25) is 9.35 Å². The summed E-state index contributed by atoms with van der Waals surface area (Å²) in [7, 11) is -3.68. The summed E-state index contributed by atoms with van der Waals surface area (Å²) in [5, 5.41) is 137. The van der Waals surface area contributed by atoms with Crippen LogP contribution < -0.4 is 11.1 Å². The zero-order valence-electron chi connectivity index (χ0n) is 65.4. The molecule has 1 amide bonds. The van der Waals surface area contributed by atoms with Crippen molar-refractivity contribution in [1.82, 2.24) is 15.3 Å². The van der Waals surface area contributed by atoms with Gasteiger partial charge in [-0.2, -0.15) is 8.42 Å². The van der Waals surface area contributed by atoms with Gasteiger partial charge < -0.3 is 91.0 Å². The summed E-state index contributed by atoms with van der Waals surface area (Å²) in [4.78, 5) is 37.2. The van der Waals surface area contributed by atoms with Gasteiger partial charge in [0.1, 0.15) is 24.6 Å². The quantitative estimate of drug-likeness (QED) is 0.0110. The third-order valence-electron chi connectivity index (χ3n) is 21.3.